The van der Waals surface area contributed by atoms with Gasteiger partial charge in [-0.1, -0.05) is 24.4 Å². The molecular weight excluding hydrogens is 348 g/mol. The summed E-state index contributed by atoms with van der Waals surface area (Å²) in [5.74, 6) is -0.0352. The molecule has 2 aliphatic rings. The van der Waals surface area contributed by atoms with Gasteiger partial charge in [-0.2, -0.15) is 4.31 Å². The summed E-state index contributed by atoms with van der Waals surface area (Å²) in [5.41, 5.74) is 0. The Morgan fingerprint density at radius 1 is 0.958 bits per heavy atom. The summed E-state index contributed by atoms with van der Waals surface area (Å²) in [7, 11) is -3.67. The Morgan fingerprint density at radius 3 is 2.21 bits per heavy atom. The number of halogens is 1. The molecule has 24 heavy (non-hydrogen) atoms. The molecule has 132 valence electrons. The molecule has 2 fully saturated rings. The number of hydrogen-bond acceptors (Lipinski definition) is 3. The van der Waals surface area contributed by atoms with Crippen LogP contribution in [0.5, 0.6) is 0 Å². The molecule has 5 nitrogen and oxygen atoms in total. The molecule has 0 aromatic heterocycles. The fraction of sp³-hybridized carbons (Fsp3) is 0.588. The van der Waals surface area contributed by atoms with Crippen molar-refractivity contribution in [2.45, 2.75) is 49.5 Å². The largest absolute Gasteiger partial charge is 0.341 e. The molecule has 2 saturated heterocycles. The molecule has 1 amide bonds. The van der Waals surface area contributed by atoms with Crippen LogP contribution in [0.1, 0.15) is 38.5 Å². The highest BCUT2D eigenvalue weighted by Crippen LogP contribution is 2.28. The van der Waals surface area contributed by atoms with Gasteiger partial charge in [0.05, 0.1) is 4.90 Å². The Labute approximate surface area is 148 Å². The van der Waals surface area contributed by atoms with Crippen molar-refractivity contribution in [2.24, 2.45) is 0 Å². The molecule has 0 saturated carbocycles. The maximum Gasteiger partial charge on any atom is 0.243 e. The van der Waals surface area contributed by atoms with Gasteiger partial charge in [-0.25, -0.2) is 8.42 Å². The van der Waals surface area contributed by atoms with Crippen LogP contribution >= 0.6 is 11.6 Å². The zero-order valence-electron chi connectivity index (χ0n) is 13.7. The first kappa shape index (κ1) is 17.7. The topological polar surface area (TPSA) is 57.7 Å². The Kier molecular flexibility index (Phi) is 5.47. The molecule has 1 atom stereocenters. The lowest BCUT2D eigenvalue weighted by Gasteiger charge is -2.29. The van der Waals surface area contributed by atoms with E-state index in [1.165, 1.54) is 16.4 Å². The van der Waals surface area contributed by atoms with E-state index in [-0.39, 0.29) is 10.8 Å². The highest BCUT2D eigenvalue weighted by atomic mass is 35.5. The predicted octanol–water partition coefficient (Wildman–Crippen LogP) is 2.90. The molecule has 0 unspecified atom stereocenters. The van der Waals surface area contributed by atoms with Crippen molar-refractivity contribution in [2.75, 3.05) is 19.6 Å². The molecule has 1 aromatic carbocycles. The van der Waals surface area contributed by atoms with E-state index >= 15 is 0 Å². The first-order valence-electron chi connectivity index (χ1n) is 8.56. The van der Waals surface area contributed by atoms with E-state index in [1.807, 2.05) is 4.90 Å². The van der Waals surface area contributed by atoms with Crippen LogP contribution in [0.25, 0.3) is 0 Å². The van der Waals surface area contributed by atoms with Crippen LogP contribution in [0.2, 0.25) is 5.02 Å². The third-order valence-corrected chi connectivity index (χ3v) is 7.00. The van der Waals surface area contributed by atoms with Crippen LogP contribution < -0.4 is 0 Å². The fourth-order valence-electron chi connectivity index (χ4n) is 3.52. The molecular formula is C17H23ClN2O3S. The molecule has 7 heteroatoms. The summed E-state index contributed by atoms with van der Waals surface area (Å²) < 4.78 is 27.2. The standard InChI is InChI=1S/C17H23ClN2O3S/c18-14-7-9-15(10-8-14)24(22,23)20-13-5-6-16(20)17(21)19-11-3-1-2-4-12-19/h7-10,16H,1-6,11-13H2/t16-/m1/s1. The lowest BCUT2D eigenvalue weighted by Crippen LogP contribution is -2.48. The van der Waals surface area contributed by atoms with Crippen LogP contribution in [-0.2, 0) is 14.8 Å². The third kappa shape index (κ3) is 3.60. The molecule has 2 aliphatic heterocycles. The number of nitrogens with zero attached hydrogens (tertiary/aromatic N) is 2. The quantitative estimate of drug-likeness (QED) is 0.822. The maximum atomic E-state index is 12.9. The molecule has 0 spiro atoms. The lowest BCUT2D eigenvalue weighted by atomic mass is 10.2. The second kappa shape index (κ2) is 7.42. The smallest absolute Gasteiger partial charge is 0.243 e. The number of sulfonamides is 1. The number of benzene rings is 1. The average Bonchev–Trinajstić information content (AvgIpc) is 2.91. The van der Waals surface area contributed by atoms with Gasteiger partial charge in [0.25, 0.3) is 0 Å². The molecule has 1 aromatic rings. The van der Waals surface area contributed by atoms with Crippen molar-refractivity contribution in [3.8, 4) is 0 Å². The molecule has 2 heterocycles. The zero-order chi connectivity index (χ0) is 17.2. The van der Waals surface area contributed by atoms with Gasteiger partial charge >= 0.3 is 0 Å². The number of hydrogen-bond donors (Lipinski definition) is 0. The number of amides is 1. The average molecular weight is 371 g/mol. The van der Waals surface area contributed by atoms with Gasteiger partial charge in [0, 0.05) is 24.7 Å². The second-order valence-corrected chi connectivity index (χ2v) is 8.79. The van der Waals surface area contributed by atoms with E-state index in [0.29, 0.717) is 18.0 Å². The Morgan fingerprint density at radius 2 is 1.58 bits per heavy atom. The summed E-state index contributed by atoms with van der Waals surface area (Å²) >= 11 is 5.85. The van der Waals surface area contributed by atoms with Crippen molar-refractivity contribution in [1.82, 2.24) is 9.21 Å². The van der Waals surface area contributed by atoms with Gasteiger partial charge in [0.2, 0.25) is 15.9 Å². The number of carbonyl (C=O) groups excluding carboxylic acids is 1. The minimum absolute atomic E-state index is 0.0352. The Bertz CT molecular complexity index is 682. The summed E-state index contributed by atoms with van der Waals surface area (Å²) in [6.45, 7) is 1.88. The molecule has 3 rings (SSSR count). The van der Waals surface area contributed by atoms with Gasteiger partial charge < -0.3 is 4.90 Å². The highest BCUT2D eigenvalue weighted by Gasteiger charge is 2.41. The van der Waals surface area contributed by atoms with Crippen LogP contribution in [0.15, 0.2) is 29.2 Å². The number of rotatable bonds is 3. The Hall–Kier alpha value is -1.11. The minimum atomic E-state index is -3.67. The number of likely N-dealkylation sites (tertiary alicyclic amines) is 1. The van der Waals surface area contributed by atoms with E-state index in [9.17, 15) is 13.2 Å². The molecule has 0 bridgehead atoms. The van der Waals surface area contributed by atoms with Crippen molar-refractivity contribution in [3.05, 3.63) is 29.3 Å². The first-order chi connectivity index (χ1) is 11.5. The zero-order valence-corrected chi connectivity index (χ0v) is 15.2. The van der Waals surface area contributed by atoms with Crippen LogP contribution in [0, 0.1) is 0 Å². The molecule has 0 radical (unpaired) electrons. The highest BCUT2D eigenvalue weighted by molar-refractivity contribution is 7.89. The van der Waals surface area contributed by atoms with Gasteiger partial charge in [0.15, 0.2) is 0 Å². The third-order valence-electron chi connectivity index (χ3n) is 4.83. The van der Waals surface area contributed by atoms with Gasteiger partial charge in [-0.3, -0.25) is 4.79 Å². The van der Waals surface area contributed by atoms with Crippen molar-refractivity contribution >= 4 is 27.5 Å². The number of carbonyl (C=O) groups is 1. The summed E-state index contributed by atoms with van der Waals surface area (Å²) in [6.07, 6.45) is 5.60. The normalized spacial score (nSPS) is 23.2. The van der Waals surface area contributed by atoms with Crippen LogP contribution in [0.3, 0.4) is 0 Å². The minimum Gasteiger partial charge on any atom is -0.341 e. The van der Waals surface area contributed by atoms with E-state index < -0.39 is 16.1 Å². The van der Waals surface area contributed by atoms with Crippen LogP contribution in [0.4, 0.5) is 0 Å². The van der Waals surface area contributed by atoms with Crippen LogP contribution in [-0.4, -0.2) is 49.2 Å². The van der Waals surface area contributed by atoms with Gasteiger partial charge in [-0.15, -0.1) is 0 Å². The van der Waals surface area contributed by atoms with E-state index in [2.05, 4.69) is 0 Å². The van der Waals surface area contributed by atoms with E-state index in [1.54, 1.807) is 12.1 Å². The van der Waals surface area contributed by atoms with E-state index in [0.717, 1.165) is 45.2 Å². The maximum absolute atomic E-state index is 12.9. The van der Waals surface area contributed by atoms with Crippen molar-refractivity contribution in [3.63, 3.8) is 0 Å². The van der Waals surface area contributed by atoms with Crippen molar-refractivity contribution < 1.29 is 13.2 Å². The fourth-order valence-corrected chi connectivity index (χ4v) is 5.30. The summed E-state index contributed by atoms with van der Waals surface area (Å²) in [6, 6.07) is 5.57. The molecule has 0 N–H and O–H groups in total. The molecule has 0 aliphatic carbocycles. The summed E-state index contributed by atoms with van der Waals surface area (Å²) in [5, 5.41) is 0.493. The lowest BCUT2D eigenvalue weighted by molar-refractivity contribution is -0.134. The monoisotopic (exact) mass is 370 g/mol. The van der Waals surface area contributed by atoms with Gasteiger partial charge in [-0.05, 0) is 49.9 Å². The second-order valence-electron chi connectivity index (χ2n) is 6.47. The van der Waals surface area contributed by atoms with Gasteiger partial charge in [0.1, 0.15) is 6.04 Å². The first-order valence-corrected chi connectivity index (χ1v) is 10.4. The summed E-state index contributed by atoms with van der Waals surface area (Å²) in [4.78, 5) is 14.9. The van der Waals surface area contributed by atoms with E-state index in [4.69, 9.17) is 11.6 Å². The van der Waals surface area contributed by atoms with Crippen molar-refractivity contribution in [1.29, 1.82) is 0 Å². The SMILES string of the molecule is O=C([C@H]1CCCN1S(=O)(=O)c1ccc(Cl)cc1)N1CCCCCC1. The Balaban J connectivity index is 1.81. The predicted molar refractivity (Wildman–Crippen MR) is 93.4 cm³/mol.